The molecule has 0 aromatic carbocycles. The third-order valence-electron chi connectivity index (χ3n) is 3.92. The van der Waals surface area contributed by atoms with Crippen molar-refractivity contribution in [2.24, 2.45) is 5.73 Å². The molecule has 0 fully saturated rings. The summed E-state index contributed by atoms with van der Waals surface area (Å²) < 4.78 is 0. The Balaban J connectivity index is 2.43. The lowest BCUT2D eigenvalue weighted by Crippen LogP contribution is -2.18. The quantitative estimate of drug-likeness (QED) is 0.834. The van der Waals surface area contributed by atoms with Crippen LogP contribution in [-0.4, -0.2) is 18.1 Å². The molecular formula is C16H24N4. The van der Waals surface area contributed by atoms with Crippen molar-refractivity contribution in [1.29, 1.82) is 5.26 Å². The van der Waals surface area contributed by atoms with Crippen LogP contribution >= 0.6 is 0 Å². The Labute approximate surface area is 121 Å². The Morgan fingerprint density at radius 2 is 2.05 bits per heavy atom. The molecule has 108 valence electrons. The van der Waals surface area contributed by atoms with Gasteiger partial charge < -0.3 is 11.1 Å². The van der Waals surface area contributed by atoms with Gasteiger partial charge >= 0.3 is 0 Å². The van der Waals surface area contributed by atoms with Gasteiger partial charge in [0.15, 0.2) is 0 Å². The zero-order valence-corrected chi connectivity index (χ0v) is 12.3. The number of anilines is 1. The van der Waals surface area contributed by atoms with Crippen molar-refractivity contribution in [1.82, 2.24) is 4.98 Å². The van der Waals surface area contributed by atoms with Crippen molar-refractivity contribution in [2.75, 3.05) is 18.4 Å². The van der Waals surface area contributed by atoms with Gasteiger partial charge in [-0.2, -0.15) is 5.26 Å². The Morgan fingerprint density at radius 3 is 2.70 bits per heavy atom. The van der Waals surface area contributed by atoms with E-state index in [9.17, 15) is 5.26 Å². The Morgan fingerprint density at radius 1 is 1.30 bits per heavy atom. The summed E-state index contributed by atoms with van der Waals surface area (Å²) in [6.45, 7) is 3.41. The number of nitriles is 1. The zero-order valence-electron chi connectivity index (χ0n) is 12.3. The van der Waals surface area contributed by atoms with Crippen LogP contribution in [0.25, 0.3) is 0 Å². The predicted molar refractivity (Wildman–Crippen MR) is 81.8 cm³/mol. The molecule has 0 saturated heterocycles. The number of aryl methyl sites for hydroxylation is 1. The van der Waals surface area contributed by atoms with Crippen molar-refractivity contribution >= 4 is 5.82 Å². The van der Waals surface area contributed by atoms with Crippen molar-refractivity contribution in [3.63, 3.8) is 0 Å². The van der Waals surface area contributed by atoms with Gasteiger partial charge in [0.05, 0.1) is 5.56 Å². The van der Waals surface area contributed by atoms with Crippen LogP contribution in [0.5, 0.6) is 0 Å². The van der Waals surface area contributed by atoms with Gasteiger partial charge in [0, 0.05) is 18.8 Å². The van der Waals surface area contributed by atoms with Gasteiger partial charge in [-0.15, -0.1) is 0 Å². The normalized spacial score (nSPS) is 13.7. The second-order valence-corrected chi connectivity index (χ2v) is 5.38. The molecule has 4 nitrogen and oxygen atoms in total. The van der Waals surface area contributed by atoms with E-state index in [4.69, 9.17) is 10.7 Å². The van der Waals surface area contributed by atoms with Crippen LogP contribution in [0.2, 0.25) is 0 Å². The van der Waals surface area contributed by atoms with Crippen LogP contribution in [0.3, 0.4) is 0 Å². The fraction of sp³-hybridized carbons (Fsp3) is 0.625. The maximum absolute atomic E-state index is 9.48. The molecule has 3 N–H and O–H groups in total. The predicted octanol–water partition coefficient (Wildman–Crippen LogP) is 2.55. The fourth-order valence-corrected chi connectivity index (χ4v) is 2.89. The number of rotatable bonds is 6. The molecule has 0 saturated carbocycles. The average molecular weight is 272 g/mol. The van der Waals surface area contributed by atoms with Gasteiger partial charge in [0.2, 0.25) is 0 Å². The number of aromatic nitrogens is 1. The van der Waals surface area contributed by atoms with E-state index in [1.165, 1.54) is 36.1 Å². The summed E-state index contributed by atoms with van der Waals surface area (Å²) in [6.07, 6.45) is 7.82. The first-order valence-electron chi connectivity index (χ1n) is 7.70. The van der Waals surface area contributed by atoms with E-state index in [0.717, 1.165) is 37.1 Å². The van der Waals surface area contributed by atoms with Crippen molar-refractivity contribution in [3.8, 4) is 6.07 Å². The first-order chi connectivity index (χ1) is 9.81. The highest BCUT2D eigenvalue weighted by molar-refractivity contribution is 5.60. The highest BCUT2D eigenvalue weighted by atomic mass is 15.0. The number of hydrogen-bond donors (Lipinski definition) is 2. The second kappa shape index (κ2) is 7.25. The standard InChI is InChI=1S/C16H24N4/c1-2-3-8-15-13-7-5-4-6-12(13)14(11-18)16(20-15)19-10-9-17/h2-10,17H2,1H3,(H,19,20). The van der Waals surface area contributed by atoms with E-state index in [1.54, 1.807) is 0 Å². The second-order valence-electron chi connectivity index (χ2n) is 5.38. The largest absolute Gasteiger partial charge is 0.368 e. The molecule has 1 aliphatic carbocycles. The maximum Gasteiger partial charge on any atom is 0.144 e. The molecule has 0 unspecified atom stereocenters. The molecule has 20 heavy (non-hydrogen) atoms. The fourth-order valence-electron chi connectivity index (χ4n) is 2.89. The lowest BCUT2D eigenvalue weighted by molar-refractivity contribution is 0.662. The number of fused-ring (bicyclic) bond motifs is 1. The number of pyridine rings is 1. The molecule has 1 aromatic rings. The molecule has 2 rings (SSSR count). The van der Waals surface area contributed by atoms with Crippen molar-refractivity contribution < 1.29 is 0 Å². The highest BCUT2D eigenvalue weighted by Gasteiger charge is 2.21. The molecule has 0 amide bonds. The molecule has 0 atom stereocenters. The number of unbranched alkanes of at least 4 members (excludes halogenated alkanes) is 1. The van der Waals surface area contributed by atoms with E-state index in [0.29, 0.717) is 13.1 Å². The third kappa shape index (κ3) is 3.10. The van der Waals surface area contributed by atoms with E-state index in [1.807, 2.05) is 0 Å². The van der Waals surface area contributed by atoms with Crippen molar-refractivity contribution in [3.05, 3.63) is 22.4 Å². The Kier molecular flexibility index (Phi) is 5.37. The molecule has 0 bridgehead atoms. The van der Waals surface area contributed by atoms with Crippen LogP contribution in [-0.2, 0) is 19.3 Å². The number of hydrogen-bond acceptors (Lipinski definition) is 4. The van der Waals surface area contributed by atoms with Gasteiger partial charge in [-0.1, -0.05) is 13.3 Å². The highest BCUT2D eigenvalue weighted by Crippen LogP contribution is 2.31. The zero-order chi connectivity index (χ0) is 14.4. The van der Waals surface area contributed by atoms with Gasteiger partial charge in [-0.3, -0.25) is 0 Å². The van der Waals surface area contributed by atoms with E-state index < -0.39 is 0 Å². The van der Waals surface area contributed by atoms with E-state index in [2.05, 4.69) is 18.3 Å². The molecule has 1 aliphatic rings. The smallest absolute Gasteiger partial charge is 0.144 e. The molecule has 1 aromatic heterocycles. The summed E-state index contributed by atoms with van der Waals surface area (Å²) in [7, 11) is 0. The average Bonchev–Trinajstić information content (AvgIpc) is 2.50. The summed E-state index contributed by atoms with van der Waals surface area (Å²) in [5.74, 6) is 0.740. The molecule has 0 spiro atoms. The van der Waals surface area contributed by atoms with Crippen LogP contribution < -0.4 is 11.1 Å². The maximum atomic E-state index is 9.48. The molecular weight excluding hydrogens is 248 g/mol. The van der Waals surface area contributed by atoms with Crippen LogP contribution in [0.1, 0.15) is 55.0 Å². The van der Waals surface area contributed by atoms with Gasteiger partial charge in [-0.25, -0.2) is 4.98 Å². The van der Waals surface area contributed by atoms with E-state index >= 15 is 0 Å². The van der Waals surface area contributed by atoms with Crippen molar-refractivity contribution in [2.45, 2.75) is 51.9 Å². The molecule has 0 aliphatic heterocycles. The van der Waals surface area contributed by atoms with Gasteiger partial charge in [-0.05, 0) is 49.7 Å². The third-order valence-corrected chi connectivity index (χ3v) is 3.92. The minimum Gasteiger partial charge on any atom is -0.368 e. The summed E-state index contributed by atoms with van der Waals surface area (Å²) in [4.78, 5) is 4.74. The van der Waals surface area contributed by atoms with Gasteiger partial charge in [0.25, 0.3) is 0 Å². The lowest BCUT2D eigenvalue weighted by atomic mass is 9.86. The van der Waals surface area contributed by atoms with Gasteiger partial charge in [0.1, 0.15) is 11.9 Å². The number of nitrogens with two attached hydrogens (primary N) is 1. The Bertz CT molecular complexity index is 502. The first kappa shape index (κ1) is 14.8. The first-order valence-corrected chi connectivity index (χ1v) is 7.70. The summed E-state index contributed by atoms with van der Waals surface area (Å²) >= 11 is 0. The van der Waals surface area contributed by atoms with Crippen LogP contribution in [0.4, 0.5) is 5.82 Å². The number of nitrogens with one attached hydrogen (secondary N) is 1. The SMILES string of the molecule is CCCCc1nc(NCCN)c(C#N)c2c1CCCC2. The van der Waals surface area contributed by atoms with E-state index in [-0.39, 0.29) is 0 Å². The number of nitrogens with zero attached hydrogens (tertiary/aromatic N) is 2. The summed E-state index contributed by atoms with van der Waals surface area (Å²) in [5, 5.41) is 12.7. The topological polar surface area (TPSA) is 74.7 Å². The molecule has 4 heteroatoms. The Hall–Kier alpha value is -1.60. The summed E-state index contributed by atoms with van der Waals surface area (Å²) in [6, 6.07) is 2.35. The molecule has 1 heterocycles. The monoisotopic (exact) mass is 272 g/mol. The summed E-state index contributed by atoms with van der Waals surface area (Å²) in [5.41, 5.74) is 10.1. The molecule has 0 radical (unpaired) electrons. The van der Waals surface area contributed by atoms with Crippen LogP contribution in [0, 0.1) is 11.3 Å². The minimum atomic E-state index is 0.550. The van der Waals surface area contributed by atoms with Crippen LogP contribution in [0.15, 0.2) is 0 Å². The minimum absolute atomic E-state index is 0.550. The lowest BCUT2D eigenvalue weighted by Gasteiger charge is -2.22.